The Balaban J connectivity index is 0.930. The van der Waals surface area contributed by atoms with Crippen LogP contribution < -0.4 is 31.1 Å². The van der Waals surface area contributed by atoms with E-state index in [1.165, 1.54) is 28.5 Å². The van der Waals surface area contributed by atoms with Crippen molar-refractivity contribution in [1.82, 2.24) is 36.3 Å². The number of ketones is 1. The molecule has 1 unspecified atom stereocenters. The number of methoxy groups -OCH3 is 1. The third-order valence-electron chi connectivity index (χ3n) is 18.8. The number of H-pyrrole nitrogens is 1. The largest absolute Gasteiger partial charge is 0.496 e. The highest BCUT2D eigenvalue weighted by Gasteiger charge is 2.79. The predicted octanol–water partition coefficient (Wildman–Crippen LogP) is 3.10. The molecule has 4 radical (unpaired) electrons. The van der Waals surface area contributed by atoms with Crippen LogP contribution >= 0.6 is 21.6 Å². The molecule has 5 aliphatic heterocycles. The number of rotatable bonds is 23. The fraction of sp³-hybridized carbons (Fsp3) is 0.583. The average Bonchev–Trinajstić information content (AvgIpc) is 1.44. The van der Waals surface area contributed by atoms with E-state index in [4.69, 9.17) is 28.1 Å². The number of aromatic amines is 1. The number of hydrazine groups is 1. The van der Waals surface area contributed by atoms with Gasteiger partial charge in [-0.2, -0.15) is 0 Å². The molecule has 3 aromatic rings. The third-order valence-corrected chi connectivity index (χ3v) is 21.1. The van der Waals surface area contributed by atoms with Gasteiger partial charge in [-0.05, 0) is 88.1 Å². The molecule has 2 saturated heterocycles. The van der Waals surface area contributed by atoms with Crippen molar-refractivity contribution in [3.05, 3.63) is 84.8 Å². The lowest BCUT2D eigenvalue weighted by Crippen LogP contribution is -2.82. The maximum absolute atomic E-state index is 15.1. The number of benzene rings is 2. The normalized spacial score (nSPS) is 30.0. The number of nitrogens with zero attached hydrogens (tertiary/aromatic N) is 3. The molecule has 4 amide bonds. The molecule has 1 aliphatic carbocycles. The van der Waals surface area contributed by atoms with Crippen LogP contribution in [0.5, 0.6) is 5.75 Å². The van der Waals surface area contributed by atoms with E-state index in [-0.39, 0.29) is 37.7 Å². The minimum atomic E-state index is -2.57. The van der Waals surface area contributed by atoms with E-state index in [2.05, 4.69) is 48.4 Å². The van der Waals surface area contributed by atoms with Gasteiger partial charge in [0.1, 0.15) is 36.9 Å². The van der Waals surface area contributed by atoms with E-state index in [0.717, 1.165) is 33.3 Å². The molecule has 13 atom stereocenters. The first-order chi connectivity index (χ1) is 40.1. The van der Waals surface area contributed by atoms with Crippen LogP contribution in [0.3, 0.4) is 0 Å². The fourth-order valence-electron chi connectivity index (χ4n) is 15.0. The van der Waals surface area contributed by atoms with Crippen molar-refractivity contribution in [2.75, 3.05) is 83.0 Å². The summed E-state index contributed by atoms with van der Waals surface area (Å²) >= 11 is 0. The fourth-order valence-corrected chi connectivity index (χ4v) is 16.9. The number of ether oxygens (including phenoxy) is 3. The number of hydrogen-bond donors (Lipinski definition) is 9. The molecule has 1 aromatic heterocycles. The second-order valence-electron chi connectivity index (χ2n) is 23.6. The van der Waals surface area contributed by atoms with Gasteiger partial charge < -0.3 is 55.2 Å². The van der Waals surface area contributed by atoms with Gasteiger partial charge in [0.2, 0.25) is 11.8 Å². The first-order valence-corrected chi connectivity index (χ1v) is 31.3. The summed E-state index contributed by atoms with van der Waals surface area (Å²) in [6.45, 7) is 19.6. The third kappa shape index (κ3) is 11.3. The van der Waals surface area contributed by atoms with Crippen LogP contribution in [0.25, 0.3) is 10.9 Å². The number of likely N-dealkylation sites (N-methyl/N-ethyl adjacent to an activating group) is 1. The summed E-state index contributed by atoms with van der Waals surface area (Å²) < 4.78 is 17.8. The minimum absolute atomic E-state index is 0.0128. The van der Waals surface area contributed by atoms with E-state index in [1.807, 2.05) is 55.2 Å². The van der Waals surface area contributed by atoms with Gasteiger partial charge in [0.15, 0.2) is 5.60 Å². The maximum Gasteiger partial charge on any atom is 0.426 e. The van der Waals surface area contributed by atoms with Gasteiger partial charge >= 0.3 is 12.1 Å². The van der Waals surface area contributed by atoms with Crippen LogP contribution in [-0.4, -0.2) is 191 Å². The maximum atomic E-state index is 15.1. The van der Waals surface area contributed by atoms with Crippen molar-refractivity contribution in [2.24, 2.45) is 23.2 Å². The number of aromatic nitrogens is 1. The molecule has 9 N–H and O–H groups in total. The van der Waals surface area contributed by atoms with Crippen LogP contribution in [0.15, 0.2) is 48.6 Å². The molecule has 84 heavy (non-hydrogen) atoms. The number of fused-ring (bicyclic) bond motifs is 6. The van der Waals surface area contributed by atoms with E-state index < -0.39 is 106 Å². The predicted molar refractivity (Wildman–Crippen MR) is 314 cm³/mol. The SMILES string of the molecule is [CH][C@H](C)C(=O)C[C@@H]([CH])C(=O)N[C@@H](CNC(=O)CCSSCCOC(=O)NNC(=O)[C@@]1(O)[C@H](O)[C@]2(CC)C=CCN3CC[C@@]4(c5cc([C@@]6(COC=O)C[C@@H]7CN(CCc8c6[nH]c6ccccc86)C[C@](O)(CC)C7)c(OC)cc5N(C)[C@@H]14)[C@@H]32)C(=O)O. The van der Waals surface area contributed by atoms with Crippen molar-refractivity contribution < 1.29 is 68.2 Å². The number of piperidine rings is 1. The molecular weight excluding hydrogens is 1120 g/mol. The summed E-state index contributed by atoms with van der Waals surface area (Å²) in [7, 11) is 5.96. The highest BCUT2D eigenvalue weighted by molar-refractivity contribution is 8.76. The summed E-state index contributed by atoms with van der Waals surface area (Å²) in [5, 5.41) is 53.8. The molecule has 2 aromatic carbocycles. The molecule has 9 rings (SSSR count). The summed E-state index contributed by atoms with van der Waals surface area (Å²) in [4.78, 5) is 99.8. The first-order valence-electron chi connectivity index (χ1n) is 28.8. The smallest absolute Gasteiger partial charge is 0.426 e. The zero-order valence-electron chi connectivity index (χ0n) is 48.1. The number of aliphatic hydroxyl groups excluding tert-OH is 1. The quantitative estimate of drug-likeness (QED) is 0.0217. The van der Waals surface area contributed by atoms with Crippen LogP contribution in [0.2, 0.25) is 0 Å². The lowest BCUT2D eigenvalue weighted by Gasteiger charge is -2.63. The Kier molecular flexibility index (Phi) is 18.8. The van der Waals surface area contributed by atoms with Gasteiger partial charge in [-0.3, -0.25) is 39.2 Å². The number of carboxylic acids is 1. The average molecular weight is 1200 g/mol. The lowest BCUT2D eigenvalue weighted by atomic mass is 9.47. The number of para-hydroxylation sites is 1. The lowest BCUT2D eigenvalue weighted by molar-refractivity contribution is -0.204. The number of amides is 4. The number of anilines is 1. The number of aliphatic hydroxyl groups is 3. The summed E-state index contributed by atoms with van der Waals surface area (Å²) in [5.74, 6) is -5.49. The second-order valence-corrected chi connectivity index (χ2v) is 26.3. The molecule has 22 nitrogen and oxygen atoms in total. The molecule has 24 heteroatoms. The molecular formula is C60H78N8O14S2. The van der Waals surface area contributed by atoms with Gasteiger partial charge in [-0.15, -0.1) is 0 Å². The topological polar surface area (TPSA) is 302 Å². The van der Waals surface area contributed by atoms with Crippen LogP contribution in [0.1, 0.15) is 88.1 Å². The number of Topliss-reactive ketones (excluding diaryl/α,β-unsaturated/α-hetero) is 1. The Labute approximate surface area is 497 Å². The number of carboxylic acid groups (broad SMARTS) is 1. The Morgan fingerprint density at radius 2 is 1.75 bits per heavy atom. The van der Waals surface area contributed by atoms with Crippen LogP contribution in [0, 0.1) is 37.0 Å². The highest BCUT2D eigenvalue weighted by Crippen LogP contribution is 2.67. The zero-order valence-corrected chi connectivity index (χ0v) is 49.8. The Hall–Kier alpha value is -5.89. The molecule has 1 spiro atoms. The zero-order chi connectivity index (χ0) is 60.5. The number of aliphatic carboxylic acids is 1. The number of nitrogens with one attached hydrogen (secondary N) is 5. The first kappa shape index (κ1) is 62.6. The second kappa shape index (κ2) is 25.2. The Morgan fingerprint density at radius 3 is 2.46 bits per heavy atom. The van der Waals surface area contributed by atoms with E-state index in [1.54, 1.807) is 14.2 Å². The van der Waals surface area contributed by atoms with E-state index in [0.29, 0.717) is 94.9 Å². The van der Waals surface area contributed by atoms with Crippen molar-refractivity contribution in [3.63, 3.8) is 0 Å². The van der Waals surface area contributed by atoms with Gasteiger partial charge in [0.25, 0.3) is 12.4 Å². The van der Waals surface area contributed by atoms with Crippen molar-refractivity contribution in [2.45, 2.75) is 118 Å². The molecule has 6 aliphatic rings. The van der Waals surface area contributed by atoms with Gasteiger partial charge in [0, 0.05) is 127 Å². The van der Waals surface area contributed by atoms with E-state index in [9.17, 15) is 49.2 Å². The number of carbonyl (C=O) groups is 7. The van der Waals surface area contributed by atoms with Crippen molar-refractivity contribution in [3.8, 4) is 5.75 Å². The van der Waals surface area contributed by atoms with Gasteiger partial charge in [-0.25, -0.2) is 15.0 Å². The molecule has 2 bridgehead atoms. The molecule has 6 heterocycles. The summed E-state index contributed by atoms with van der Waals surface area (Å²) in [5.41, 5.74) is 3.01. The Morgan fingerprint density at radius 1 is 0.988 bits per heavy atom. The van der Waals surface area contributed by atoms with E-state index >= 15 is 4.79 Å². The molecule has 3 fully saturated rings. The Bertz CT molecular complexity index is 3040. The van der Waals surface area contributed by atoms with Crippen molar-refractivity contribution >= 4 is 80.2 Å². The number of carbonyl (C=O) groups excluding carboxylic acids is 6. The van der Waals surface area contributed by atoms with Gasteiger partial charge in [0.05, 0.1) is 24.2 Å². The molecule has 454 valence electrons. The monoisotopic (exact) mass is 1200 g/mol. The van der Waals surface area contributed by atoms with Crippen LogP contribution in [0.4, 0.5) is 10.5 Å². The summed E-state index contributed by atoms with van der Waals surface area (Å²) in [6.07, 6.45) is 3.82. The minimum Gasteiger partial charge on any atom is -0.496 e. The van der Waals surface area contributed by atoms with Gasteiger partial charge in [-0.1, -0.05) is 72.7 Å². The number of hydrogen-bond acceptors (Lipinski definition) is 18. The molecule has 1 saturated carbocycles. The van der Waals surface area contributed by atoms with Crippen molar-refractivity contribution in [1.29, 1.82) is 0 Å². The standard InChI is InChI=1S/C60H78N8O14S2/c1-8-56(78)28-37-29-58(33-81-34-69,48-39(15-20-67(31-37)32-56)38-13-10-11-14-42(38)62-48)41-26-40-44(27-46(41)80-7)66(6)52-59(40)18-21-68-19-12-17-57(9-2,51(59)68)53(75)60(52,79)54(76)64-65-55(77)82-22-24-84-83-23-16-47(71)61-30-43(50(73)74)63-49(72)36(5)25-45(70)35(3)4/h3,5,10-14,17,26-27,34-37,43,51-53,62,75,78-79H,8-9,15-16,18-25,28-33H2,1-2,4,6-7H3,(H,61,71)(H,63,72)(H,64,76)(H,65,77)(H,73,74)/t35-,36-,37-,43+,51+,52-,53-,56+,57-,58+,59-,60+/m1/s1. The summed E-state index contributed by atoms with van der Waals surface area (Å²) in [6, 6.07) is 9.18. The highest BCUT2D eigenvalue weighted by atomic mass is 33.1. The van der Waals surface area contributed by atoms with Crippen LogP contribution in [-0.2, 0) is 55.5 Å².